The fraction of sp³-hybridized carbons (Fsp3) is 0.0476. The van der Waals surface area contributed by atoms with E-state index >= 15 is 0 Å². The van der Waals surface area contributed by atoms with E-state index in [0.717, 1.165) is 12.8 Å². The molecule has 9 rings (SSSR count). The van der Waals surface area contributed by atoms with Crippen LogP contribution in [0.2, 0.25) is 0 Å². The fourth-order valence-corrected chi connectivity index (χ4v) is 8.31. The van der Waals surface area contributed by atoms with E-state index in [0.29, 0.717) is 0 Å². The number of hydrogen-bond donors (Lipinski definition) is 0. The van der Waals surface area contributed by atoms with E-state index in [1.54, 1.807) is 0 Å². The maximum Gasteiger partial charge on any atom is 0.0355 e. The molecule has 0 aliphatic heterocycles. The van der Waals surface area contributed by atoms with Gasteiger partial charge < -0.3 is 0 Å². The predicted molar refractivity (Wildman–Crippen MR) is 188 cm³/mol. The first-order valence-electron chi connectivity index (χ1n) is 15.1. The minimum Gasteiger partial charge on any atom is -0.135 e. The van der Waals surface area contributed by atoms with Crippen molar-refractivity contribution in [3.05, 3.63) is 151 Å². The average Bonchev–Trinajstić information content (AvgIpc) is 3.45. The molecule has 0 radical (unpaired) electrons. The van der Waals surface area contributed by atoms with Gasteiger partial charge in [-0.15, -0.1) is 11.3 Å². The van der Waals surface area contributed by atoms with Gasteiger partial charge in [0.15, 0.2) is 0 Å². The van der Waals surface area contributed by atoms with Crippen LogP contribution in [-0.4, -0.2) is 0 Å². The minimum absolute atomic E-state index is 1.04. The molecule has 1 aromatic heterocycles. The summed E-state index contributed by atoms with van der Waals surface area (Å²) < 4.78 is 2.70. The number of fused-ring (bicyclic) bond motifs is 6. The third-order valence-electron chi connectivity index (χ3n) is 9.12. The molecule has 202 valence electrons. The van der Waals surface area contributed by atoms with Gasteiger partial charge in [0.2, 0.25) is 0 Å². The molecule has 1 aliphatic rings. The molecule has 1 heterocycles. The van der Waals surface area contributed by atoms with Gasteiger partial charge in [-0.05, 0) is 103 Å². The van der Waals surface area contributed by atoms with Gasteiger partial charge in [0.25, 0.3) is 0 Å². The number of allylic oxidation sites excluding steroid dienone is 1. The van der Waals surface area contributed by atoms with E-state index in [1.165, 1.54) is 86.2 Å². The summed E-state index contributed by atoms with van der Waals surface area (Å²) in [5.41, 5.74) is 10.7. The number of hydrogen-bond acceptors (Lipinski definition) is 1. The van der Waals surface area contributed by atoms with Crippen molar-refractivity contribution >= 4 is 59.1 Å². The van der Waals surface area contributed by atoms with E-state index in [9.17, 15) is 0 Å². The van der Waals surface area contributed by atoms with Crippen LogP contribution in [0.3, 0.4) is 0 Å². The molecular formula is C42H28S. The molecule has 8 aromatic rings. The summed E-state index contributed by atoms with van der Waals surface area (Å²) in [7, 11) is 0. The first-order valence-corrected chi connectivity index (χ1v) is 15.9. The molecule has 7 aromatic carbocycles. The van der Waals surface area contributed by atoms with Crippen LogP contribution in [0, 0.1) is 0 Å². The van der Waals surface area contributed by atoms with Crippen molar-refractivity contribution < 1.29 is 0 Å². The summed E-state index contributed by atoms with van der Waals surface area (Å²) >= 11 is 1.88. The number of rotatable bonds is 3. The molecule has 0 N–H and O–H groups in total. The topological polar surface area (TPSA) is 0 Å². The second-order valence-corrected chi connectivity index (χ2v) is 12.6. The first kappa shape index (κ1) is 24.6. The Kier molecular flexibility index (Phi) is 5.61. The third-order valence-corrected chi connectivity index (χ3v) is 10.3. The predicted octanol–water partition coefficient (Wildman–Crippen LogP) is 12.3. The minimum atomic E-state index is 1.04. The first-order chi connectivity index (χ1) is 21.3. The van der Waals surface area contributed by atoms with Gasteiger partial charge in [-0.1, -0.05) is 121 Å². The van der Waals surface area contributed by atoms with Crippen LogP contribution in [0.5, 0.6) is 0 Å². The number of benzene rings is 7. The van der Waals surface area contributed by atoms with Gasteiger partial charge in [-0.25, -0.2) is 0 Å². The molecule has 0 amide bonds. The lowest BCUT2D eigenvalue weighted by atomic mass is 9.80. The molecule has 0 bridgehead atoms. The fourth-order valence-electron chi connectivity index (χ4n) is 7.23. The van der Waals surface area contributed by atoms with Gasteiger partial charge >= 0.3 is 0 Å². The zero-order valence-corrected chi connectivity index (χ0v) is 24.5. The Morgan fingerprint density at radius 2 is 1.14 bits per heavy atom. The van der Waals surface area contributed by atoms with Gasteiger partial charge in [0.1, 0.15) is 0 Å². The van der Waals surface area contributed by atoms with Crippen LogP contribution in [0.1, 0.15) is 17.5 Å². The normalized spacial score (nSPS) is 12.8. The van der Waals surface area contributed by atoms with Crippen molar-refractivity contribution in [3.8, 4) is 33.4 Å². The highest BCUT2D eigenvalue weighted by molar-refractivity contribution is 7.25. The summed E-state index contributed by atoms with van der Waals surface area (Å²) in [4.78, 5) is 0. The highest BCUT2D eigenvalue weighted by atomic mass is 32.1. The maximum absolute atomic E-state index is 2.43. The van der Waals surface area contributed by atoms with Crippen molar-refractivity contribution in [3.63, 3.8) is 0 Å². The van der Waals surface area contributed by atoms with E-state index in [1.807, 2.05) is 11.3 Å². The Morgan fingerprint density at radius 1 is 0.465 bits per heavy atom. The van der Waals surface area contributed by atoms with Gasteiger partial charge in [0.05, 0.1) is 0 Å². The zero-order chi connectivity index (χ0) is 28.3. The zero-order valence-electron chi connectivity index (χ0n) is 23.7. The average molecular weight is 565 g/mol. The molecule has 1 heteroatoms. The summed E-state index contributed by atoms with van der Waals surface area (Å²) in [5, 5.41) is 7.92. The molecule has 0 spiro atoms. The second kappa shape index (κ2) is 9.80. The van der Waals surface area contributed by atoms with Crippen LogP contribution in [0.15, 0.2) is 140 Å². The van der Waals surface area contributed by atoms with Crippen LogP contribution >= 0.6 is 11.3 Å². The number of thiophene rings is 1. The molecule has 0 nitrogen and oxygen atoms in total. The molecule has 0 unspecified atom stereocenters. The molecule has 1 aliphatic carbocycles. The van der Waals surface area contributed by atoms with Gasteiger partial charge in [-0.3, -0.25) is 0 Å². The molecule has 0 atom stereocenters. The van der Waals surface area contributed by atoms with E-state index in [4.69, 9.17) is 0 Å². The monoisotopic (exact) mass is 564 g/mol. The Morgan fingerprint density at radius 3 is 2.05 bits per heavy atom. The Balaban J connectivity index is 1.31. The lowest BCUT2D eigenvalue weighted by Crippen LogP contribution is -2.02. The van der Waals surface area contributed by atoms with Crippen LogP contribution in [-0.2, 0) is 6.42 Å². The second-order valence-electron chi connectivity index (χ2n) is 11.5. The van der Waals surface area contributed by atoms with E-state index in [-0.39, 0.29) is 0 Å². The van der Waals surface area contributed by atoms with E-state index < -0.39 is 0 Å². The molecule has 0 fully saturated rings. The SMILES string of the molecule is C1=Cc2c(c(-c3cccc(-c4cccc5ccccc45)c3)c3ccccc3c2-c2ccc3sc4ccccc4c3c2)CC1. The molecule has 0 saturated carbocycles. The summed E-state index contributed by atoms with van der Waals surface area (Å²) in [6.45, 7) is 0. The smallest absolute Gasteiger partial charge is 0.0355 e. The van der Waals surface area contributed by atoms with Crippen molar-refractivity contribution in [2.75, 3.05) is 0 Å². The third kappa shape index (κ3) is 3.89. The Hall–Kier alpha value is -4.98. The van der Waals surface area contributed by atoms with Crippen LogP contribution in [0.4, 0.5) is 0 Å². The summed E-state index contributed by atoms with van der Waals surface area (Å²) in [5.74, 6) is 0. The molecular weight excluding hydrogens is 537 g/mol. The van der Waals surface area contributed by atoms with E-state index in [2.05, 4.69) is 146 Å². The largest absolute Gasteiger partial charge is 0.135 e. The molecule has 43 heavy (non-hydrogen) atoms. The van der Waals surface area contributed by atoms with Crippen LogP contribution in [0.25, 0.3) is 81.2 Å². The summed E-state index contributed by atoms with van der Waals surface area (Å²) in [6, 6.07) is 49.5. The van der Waals surface area contributed by atoms with Gasteiger partial charge in [0, 0.05) is 20.2 Å². The van der Waals surface area contributed by atoms with Crippen molar-refractivity contribution in [1.29, 1.82) is 0 Å². The van der Waals surface area contributed by atoms with Gasteiger partial charge in [-0.2, -0.15) is 0 Å². The quantitative estimate of drug-likeness (QED) is 0.200. The summed E-state index contributed by atoms with van der Waals surface area (Å²) in [6.07, 6.45) is 6.85. The highest BCUT2D eigenvalue weighted by Crippen LogP contribution is 2.46. The maximum atomic E-state index is 2.43. The lowest BCUT2D eigenvalue weighted by molar-refractivity contribution is 0.991. The van der Waals surface area contributed by atoms with Crippen LogP contribution < -0.4 is 0 Å². The molecule has 0 saturated heterocycles. The van der Waals surface area contributed by atoms with Crippen molar-refractivity contribution in [2.24, 2.45) is 0 Å². The highest BCUT2D eigenvalue weighted by Gasteiger charge is 2.22. The van der Waals surface area contributed by atoms with Crippen molar-refractivity contribution in [1.82, 2.24) is 0 Å². The Labute approximate surface area is 255 Å². The Bertz CT molecular complexity index is 2400. The van der Waals surface area contributed by atoms with Crippen molar-refractivity contribution in [2.45, 2.75) is 12.8 Å². The lowest BCUT2D eigenvalue weighted by Gasteiger charge is -2.24. The standard InChI is InChI=1S/C42H28S/c1-2-15-31-27(11-1)12-10-21-32(31)28-13-9-14-29(25-28)41-34-17-3-5-19-36(34)42(37-20-6-4-18-35(37)41)30-23-24-40-38(26-30)33-16-7-8-22-39(33)43-40/h1-3,5-17,19-26H,4,18H2.